The maximum atomic E-state index is 11.8. The quantitative estimate of drug-likeness (QED) is 0.621. The third-order valence-corrected chi connectivity index (χ3v) is 3.79. The Morgan fingerprint density at radius 1 is 1.40 bits per heavy atom. The molecule has 5 nitrogen and oxygen atoms in total. The SMILES string of the molecule is CCc1cc(C(=O)NCCOC2CCCCCC2)n[nH]1. The zero-order chi connectivity index (χ0) is 14.2. The molecule has 1 aliphatic rings. The lowest BCUT2D eigenvalue weighted by atomic mass is 10.1. The Morgan fingerprint density at radius 2 is 2.15 bits per heavy atom. The Balaban J connectivity index is 1.63. The van der Waals surface area contributed by atoms with E-state index in [9.17, 15) is 4.79 Å². The molecule has 2 N–H and O–H groups in total. The standard InChI is InChI=1S/C15H25N3O2/c1-2-12-11-14(18-17-12)15(19)16-9-10-20-13-7-5-3-4-6-8-13/h11,13H,2-10H2,1H3,(H,16,19)(H,17,18). The van der Waals surface area contributed by atoms with Gasteiger partial charge in [-0.15, -0.1) is 0 Å². The molecule has 1 saturated carbocycles. The molecule has 0 unspecified atom stereocenters. The summed E-state index contributed by atoms with van der Waals surface area (Å²) in [6.07, 6.45) is 8.75. The normalized spacial score (nSPS) is 16.9. The molecule has 1 heterocycles. The summed E-state index contributed by atoms with van der Waals surface area (Å²) in [6.45, 7) is 3.15. The lowest BCUT2D eigenvalue weighted by molar-refractivity contribution is 0.0441. The third-order valence-electron chi connectivity index (χ3n) is 3.79. The Hall–Kier alpha value is -1.36. The van der Waals surface area contributed by atoms with E-state index in [4.69, 9.17) is 4.74 Å². The second-order valence-corrected chi connectivity index (χ2v) is 5.37. The van der Waals surface area contributed by atoms with Crippen LogP contribution in [0.1, 0.15) is 61.6 Å². The van der Waals surface area contributed by atoms with Crippen LogP contribution in [0.5, 0.6) is 0 Å². The first kappa shape index (κ1) is 15.0. The van der Waals surface area contributed by atoms with E-state index < -0.39 is 0 Å². The number of H-pyrrole nitrogens is 1. The second kappa shape index (κ2) is 8.04. The van der Waals surface area contributed by atoms with E-state index in [1.165, 1.54) is 25.7 Å². The van der Waals surface area contributed by atoms with Crippen molar-refractivity contribution in [3.8, 4) is 0 Å². The van der Waals surface area contributed by atoms with Crippen molar-refractivity contribution in [2.75, 3.05) is 13.2 Å². The molecule has 1 fully saturated rings. The summed E-state index contributed by atoms with van der Waals surface area (Å²) >= 11 is 0. The number of aromatic nitrogens is 2. The van der Waals surface area contributed by atoms with E-state index >= 15 is 0 Å². The predicted octanol–water partition coefficient (Wildman–Crippen LogP) is 2.44. The first-order valence-corrected chi connectivity index (χ1v) is 7.73. The molecule has 1 aromatic rings. The summed E-state index contributed by atoms with van der Waals surface area (Å²) in [5.41, 5.74) is 1.43. The summed E-state index contributed by atoms with van der Waals surface area (Å²) in [4.78, 5) is 11.8. The molecule has 2 rings (SSSR count). The summed E-state index contributed by atoms with van der Waals surface area (Å²) in [7, 11) is 0. The number of hydrogen-bond donors (Lipinski definition) is 2. The number of rotatable bonds is 6. The van der Waals surface area contributed by atoms with Gasteiger partial charge in [0, 0.05) is 12.2 Å². The summed E-state index contributed by atoms with van der Waals surface area (Å²) in [5.74, 6) is -0.134. The number of carbonyl (C=O) groups excluding carboxylic acids is 1. The molecule has 112 valence electrons. The average molecular weight is 279 g/mol. The largest absolute Gasteiger partial charge is 0.376 e. The van der Waals surface area contributed by atoms with Gasteiger partial charge in [-0.2, -0.15) is 5.10 Å². The topological polar surface area (TPSA) is 67.0 Å². The highest BCUT2D eigenvalue weighted by Crippen LogP contribution is 2.19. The van der Waals surface area contributed by atoms with E-state index in [2.05, 4.69) is 15.5 Å². The predicted molar refractivity (Wildman–Crippen MR) is 77.7 cm³/mol. The lowest BCUT2D eigenvalue weighted by Crippen LogP contribution is -2.29. The van der Waals surface area contributed by atoms with Crippen molar-refractivity contribution < 1.29 is 9.53 Å². The number of ether oxygens (including phenoxy) is 1. The number of amides is 1. The fourth-order valence-corrected chi connectivity index (χ4v) is 2.55. The van der Waals surface area contributed by atoms with Gasteiger partial charge in [0.25, 0.3) is 5.91 Å². The molecule has 0 aliphatic heterocycles. The molecule has 5 heteroatoms. The highest BCUT2D eigenvalue weighted by Gasteiger charge is 2.13. The van der Waals surface area contributed by atoms with Crippen molar-refractivity contribution in [3.05, 3.63) is 17.5 Å². The van der Waals surface area contributed by atoms with Crippen LogP contribution in [0.25, 0.3) is 0 Å². The van der Waals surface area contributed by atoms with Gasteiger partial charge in [-0.05, 0) is 25.3 Å². The molecule has 0 radical (unpaired) electrons. The van der Waals surface area contributed by atoms with Gasteiger partial charge in [-0.25, -0.2) is 0 Å². The number of nitrogens with zero attached hydrogens (tertiary/aromatic N) is 1. The van der Waals surface area contributed by atoms with Crippen molar-refractivity contribution in [2.24, 2.45) is 0 Å². The Labute approximate surface area is 120 Å². The van der Waals surface area contributed by atoms with Crippen LogP contribution in [0.3, 0.4) is 0 Å². The van der Waals surface area contributed by atoms with Gasteiger partial charge < -0.3 is 10.1 Å². The number of aryl methyl sites for hydroxylation is 1. The highest BCUT2D eigenvalue weighted by atomic mass is 16.5. The monoisotopic (exact) mass is 279 g/mol. The van der Waals surface area contributed by atoms with Crippen molar-refractivity contribution >= 4 is 5.91 Å². The van der Waals surface area contributed by atoms with Gasteiger partial charge in [0.15, 0.2) is 0 Å². The first-order valence-electron chi connectivity index (χ1n) is 7.73. The highest BCUT2D eigenvalue weighted by molar-refractivity contribution is 5.92. The van der Waals surface area contributed by atoms with Gasteiger partial charge in [-0.3, -0.25) is 9.89 Å². The lowest BCUT2D eigenvalue weighted by Gasteiger charge is -2.15. The van der Waals surface area contributed by atoms with Gasteiger partial charge >= 0.3 is 0 Å². The number of nitrogens with one attached hydrogen (secondary N) is 2. The van der Waals surface area contributed by atoms with Gasteiger partial charge in [-0.1, -0.05) is 32.6 Å². The minimum absolute atomic E-state index is 0.134. The minimum Gasteiger partial charge on any atom is -0.376 e. The molecule has 1 amide bonds. The third kappa shape index (κ3) is 4.63. The van der Waals surface area contributed by atoms with E-state index in [0.29, 0.717) is 24.9 Å². The molecule has 0 atom stereocenters. The molecule has 0 bridgehead atoms. The van der Waals surface area contributed by atoms with Gasteiger partial charge in [0.1, 0.15) is 5.69 Å². The van der Waals surface area contributed by atoms with Crippen LogP contribution in [-0.4, -0.2) is 35.4 Å². The molecule has 1 aromatic heterocycles. The van der Waals surface area contributed by atoms with E-state index in [1.54, 1.807) is 6.07 Å². The number of carbonyl (C=O) groups is 1. The molecule has 1 aliphatic carbocycles. The van der Waals surface area contributed by atoms with Crippen molar-refractivity contribution in [1.29, 1.82) is 0 Å². The molecule has 20 heavy (non-hydrogen) atoms. The van der Waals surface area contributed by atoms with Crippen molar-refractivity contribution in [1.82, 2.24) is 15.5 Å². The maximum Gasteiger partial charge on any atom is 0.271 e. The average Bonchev–Trinajstić information content (AvgIpc) is 2.80. The zero-order valence-corrected chi connectivity index (χ0v) is 12.3. The Kier molecular flexibility index (Phi) is 6.05. The number of aromatic amines is 1. The van der Waals surface area contributed by atoms with Crippen LogP contribution in [0.4, 0.5) is 0 Å². The molecular formula is C15H25N3O2. The maximum absolute atomic E-state index is 11.8. The van der Waals surface area contributed by atoms with Gasteiger partial charge in [0.05, 0.1) is 12.7 Å². The minimum atomic E-state index is -0.134. The molecule has 0 aromatic carbocycles. The zero-order valence-electron chi connectivity index (χ0n) is 12.3. The summed E-state index contributed by atoms with van der Waals surface area (Å²) < 4.78 is 5.83. The Morgan fingerprint density at radius 3 is 2.80 bits per heavy atom. The van der Waals surface area contributed by atoms with Crippen LogP contribution < -0.4 is 5.32 Å². The van der Waals surface area contributed by atoms with Crippen molar-refractivity contribution in [3.63, 3.8) is 0 Å². The fraction of sp³-hybridized carbons (Fsp3) is 0.733. The Bertz CT molecular complexity index is 409. The molecule has 0 spiro atoms. The van der Waals surface area contributed by atoms with E-state index in [1.807, 2.05) is 6.92 Å². The van der Waals surface area contributed by atoms with Gasteiger partial charge in [0.2, 0.25) is 0 Å². The smallest absolute Gasteiger partial charge is 0.271 e. The molecule has 0 saturated heterocycles. The second-order valence-electron chi connectivity index (χ2n) is 5.37. The van der Waals surface area contributed by atoms with Crippen LogP contribution in [0.15, 0.2) is 6.07 Å². The van der Waals surface area contributed by atoms with E-state index in [0.717, 1.165) is 25.0 Å². The first-order chi connectivity index (χ1) is 9.79. The van der Waals surface area contributed by atoms with Crippen LogP contribution in [0, 0.1) is 0 Å². The van der Waals surface area contributed by atoms with Crippen LogP contribution in [-0.2, 0) is 11.2 Å². The van der Waals surface area contributed by atoms with Crippen LogP contribution in [0.2, 0.25) is 0 Å². The summed E-state index contributed by atoms with van der Waals surface area (Å²) in [5, 5.41) is 9.68. The van der Waals surface area contributed by atoms with Crippen LogP contribution >= 0.6 is 0 Å². The number of hydrogen-bond acceptors (Lipinski definition) is 3. The van der Waals surface area contributed by atoms with E-state index in [-0.39, 0.29) is 5.91 Å². The fourth-order valence-electron chi connectivity index (χ4n) is 2.55. The summed E-state index contributed by atoms with van der Waals surface area (Å²) in [6, 6.07) is 1.79. The van der Waals surface area contributed by atoms with Crippen molar-refractivity contribution in [2.45, 2.75) is 58.0 Å². The molecular weight excluding hydrogens is 254 g/mol.